The van der Waals surface area contributed by atoms with Crippen LogP contribution in [0.3, 0.4) is 0 Å². The summed E-state index contributed by atoms with van der Waals surface area (Å²) in [6, 6.07) is 21.4. The fourth-order valence-electron chi connectivity index (χ4n) is 6.70. The second-order valence-corrected chi connectivity index (χ2v) is 13.3. The van der Waals surface area contributed by atoms with Crippen molar-refractivity contribution in [3.8, 4) is 0 Å². The Bertz CT molecular complexity index is 2740. The third-order valence-corrected chi connectivity index (χ3v) is 9.64. The Balaban J connectivity index is 0.000000202. The van der Waals surface area contributed by atoms with Crippen LogP contribution < -0.4 is 22.5 Å². The quantitative estimate of drug-likeness (QED) is 0.194. The largest absolute Gasteiger partial charge is 0.478 e. The van der Waals surface area contributed by atoms with E-state index >= 15 is 0 Å². The Hall–Kier alpha value is -6.74. The van der Waals surface area contributed by atoms with Gasteiger partial charge in [-0.2, -0.15) is 0 Å². The molecule has 2 aromatic heterocycles. The molecule has 0 bridgehead atoms. The first-order valence-corrected chi connectivity index (χ1v) is 17.7. The number of halogens is 2. The number of aromatic carboxylic acids is 1. The van der Waals surface area contributed by atoms with E-state index in [1.165, 1.54) is 33.4 Å². The monoisotopic (exact) mass is 764 g/mol. The van der Waals surface area contributed by atoms with Crippen LogP contribution >= 0.6 is 0 Å². The molecule has 4 aromatic carbocycles. The second kappa shape index (κ2) is 16.7. The standard InChI is InChI=1S/C25H27FN4O3.C16H11FN2O4/c1-3-4-11-28-12-13-29(15-17(28)2)24(32)20-14-18(9-10-21(20)26)16-30-22-8-6-5-7-19(22)23(31)27-25(30)33;17-12-6-5-9(7-11(12)15(21)22)8-19-13-4-2-1-3-10(13)14(20)18-16(19)23/h3-10,14,17H,11-13,15-16H2,1-2H3,(H,27,31,33);1-7H,8H2,(H,21,22)(H,18,20,23)/t17-;/m1./s1. The van der Waals surface area contributed by atoms with Crippen molar-refractivity contribution < 1.29 is 23.5 Å². The van der Waals surface area contributed by atoms with Crippen molar-refractivity contribution in [2.24, 2.45) is 0 Å². The molecule has 1 amide bonds. The number of nitrogens with zero attached hydrogens (tertiary/aromatic N) is 4. The minimum absolute atomic E-state index is 0.0106. The van der Waals surface area contributed by atoms with Gasteiger partial charge in [-0.25, -0.2) is 23.2 Å². The lowest BCUT2D eigenvalue weighted by atomic mass is 10.1. The van der Waals surface area contributed by atoms with E-state index in [1.54, 1.807) is 59.5 Å². The van der Waals surface area contributed by atoms with Gasteiger partial charge in [0.25, 0.3) is 17.0 Å². The first kappa shape index (κ1) is 39.0. The summed E-state index contributed by atoms with van der Waals surface area (Å²) in [5.74, 6) is -3.18. The van der Waals surface area contributed by atoms with Crippen LogP contribution in [0.15, 0.2) is 116 Å². The summed E-state index contributed by atoms with van der Waals surface area (Å²) >= 11 is 0. The summed E-state index contributed by atoms with van der Waals surface area (Å²) in [6.07, 6.45) is 4.08. The number of allylic oxidation sites excluding steroid dienone is 1. The van der Waals surface area contributed by atoms with Gasteiger partial charge in [0.15, 0.2) is 0 Å². The third kappa shape index (κ3) is 8.32. The van der Waals surface area contributed by atoms with Crippen LogP contribution in [-0.4, -0.2) is 78.1 Å². The average Bonchev–Trinajstić information content (AvgIpc) is 3.18. The molecule has 1 saturated heterocycles. The first-order chi connectivity index (χ1) is 26.9. The van der Waals surface area contributed by atoms with Crippen molar-refractivity contribution in [1.82, 2.24) is 28.9 Å². The van der Waals surface area contributed by atoms with Crippen LogP contribution in [-0.2, 0) is 13.1 Å². The number of carboxylic acid groups (broad SMARTS) is 1. The number of rotatable bonds is 8. The topological polar surface area (TPSA) is 171 Å². The Labute approximate surface area is 317 Å². The van der Waals surface area contributed by atoms with Gasteiger partial charge in [-0.15, -0.1) is 0 Å². The lowest BCUT2D eigenvalue weighted by molar-refractivity contribution is 0.0538. The number of carboxylic acids is 1. The van der Waals surface area contributed by atoms with E-state index in [4.69, 9.17) is 5.11 Å². The summed E-state index contributed by atoms with van der Waals surface area (Å²) in [6.45, 7) is 6.73. The van der Waals surface area contributed by atoms with E-state index in [0.29, 0.717) is 46.0 Å². The number of hydrogen-bond acceptors (Lipinski definition) is 7. The molecule has 7 rings (SSSR count). The molecule has 0 radical (unpaired) electrons. The molecule has 1 atom stereocenters. The highest BCUT2D eigenvalue weighted by Crippen LogP contribution is 2.19. The molecule has 1 aliphatic heterocycles. The molecule has 56 heavy (non-hydrogen) atoms. The number of aromatic nitrogens is 4. The van der Waals surface area contributed by atoms with Crippen molar-refractivity contribution in [1.29, 1.82) is 0 Å². The molecule has 1 fully saturated rings. The Morgan fingerprint density at radius 3 is 1.75 bits per heavy atom. The number of H-pyrrole nitrogens is 2. The van der Waals surface area contributed by atoms with Crippen molar-refractivity contribution in [3.63, 3.8) is 0 Å². The average molecular weight is 765 g/mol. The molecule has 13 nitrogen and oxygen atoms in total. The van der Waals surface area contributed by atoms with Gasteiger partial charge >= 0.3 is 17.3 Å². The van der Waals surface area contributed by atoms with Gasteiger partial charge < -0.3 is 10.0 Å². The predicted molar refractivity (Wildman–Crippen MR) is 207 cm³/mol. The van der Waals surface area contributed by atoms with Crippen LogP contribution in [0.25, 0.3) is 21.8 Å². The maximum atomic E-state index is 14.7. The molecule has 3 heterocycles. The number of para-hydroxylation sites is 2. The first-order valence-electron chi connectivity index (χ1n) is 17.7. The number of benzene rings is 4. The number of carbonyl (C=O) groups is 2. The maximum absolute atomic E-state index is 14.7. The van der Waals surface area contributed by atoms with Crippen LogP contribution in [0.4, 0.5) is 8.78 Å². The lowest BCUT2D eigenvalue weighted by Gasteiger charge is -2.39. The molecule has 0 aliphatic carbocycles. The number of hydrogen-bond donors (Lipinski definition) is 3. The van der Waals surface area contributed by atoms with Crippen LogP contribution in [0.5, 0.6) is 0 Å². The second-order valence-electron chi connectivity index (χ2n) is 13.3. The highest BCUT2D eigenvalue weighted by atomic mass is 19.1. The van der Waals surface area contributed by atoms with Crippen LogP contribution in [0, 0.1) is 11.6 Å². The van der Waals surface area contributed by atoms with E-state index in [-0.39, 0.29) is 30.6 Å². The van der Waals surface area contributed by atoms with E-state index in [0.717, 1.165) is 19.2 Å². The molecule has 3 N–H and O–H groups in total. The number of nitrogens with one attached hydrogen (secondary N) is 2. The normalized spacial score (nSPS) is 14.6. The maximum Gasteiger partial charge on any atom is 0.338 e. The summed E-state index contributed by atoms with van der Waals surface area (Å²) in [7, 11) is 0. The van der Waals surface area contributed by atoms with Gasteiger partial charge in [0.2, 0.25) is 0 Å². The summed E-state index contributed by atoms with van der Waals surface area (Å²) in [4.78, 5) is 81.1. The molecule has 0 saturated carbocycles. The molecular formula is C41H38F2N6O7. The highest BCUT2D eigenvalue weighted by Gasteiger charge is 2.28. The number of fused-ring (bicyclic) bond motifs is 2. The highest BCUT2D eigenvalue weighted by molar-refractivity contribution is 5.95. The minimum atomic E-state index is -1.39. The van der Waals surface area contributed by atoms with Gasteiger partial charge in [-0.3, -0.25) is 38.4 Å². The fraction of sp³-hybridized carbons (Fsp3) is 0.220. The summed E-state index contributed by atoms with van der Waals surface area (Å²) in [5.41, 5.74) is -0.667. The van der Waals surface area contributed by atoms with Crippen LogP contribution in [0.2, 0.25) is 0 Å². The van der Waals surface area contributed by atoms with Crippen molar-refractivity contribution in [3.05, 3.63) is 173 Å². The van der Waals surface area contributed by atoms with E-state index < -0.39 is 45.7 Å². The van der Waals surface area contributed by atoms with Crippen molar-refractivity contribution >= 4 is 33.7 Å². The zero-order valence-corrected chi connectivity index (χ0v) is 30.5. The lowest BCUT2D eigenvalue weighted by Crippen LogP contribution is -2.53. The van der Waals surface area contributed by atoms with E-state index in [1.807, 2.05) is 13.0 Å². The molecule has 288 valence electrons. The Kier molecular flexibility index (Phi) is 11.6. The molecule has 0 spiro atoms. The van der Waals surface area contributed by atoms with Gasteiger partial charge in [0.05, 0.1) is 46.0 Å². The SMILES string of the molecule is CC=CCN1CCN(C(=O)c2cc(Cn3c(=O)[nH]c(=O)c4ccccc43)ccc2F)C[C@H]1C.O=C(O)c1cc(Cn2c(=O)[nH]c(=O)c3ccccc32)ccc1F. The number of amides is 1. The smallest absolute Gasteiger partial charge is 0.338 e. The molecule has 0 unspecified atom stereocenters. The predicted octanol–water partition coefficient (Wildman–Crippen LogP) is 4.18. The molecular weight excluding hydrogens is 726 g/mol. The fourth-order valence-corrected chi connectivity index (χ4v) is 6.70. The number of carbonyl (C=O) groups excluding carboxylic acids is 1. The zero-order valence-electron chi connectivity index (χ0n) is 30.5. The van der Waals surface area contributed by atoms with E-state index in [9.17, 15) is 37.5 Å². The minimum Gasteiger partial charge on any atom is -0.478 e. The molecule has 15 heteroatoms. The van der Waals surface area contributed by atoms with Crippen molar-refractivity contribution in [2.45, 2.75) is 33.0 Å². The Morgan fingerprint density at radius 1 is 0.750 bits per heavy atom. The Morgan fingerprint density at radius 2 is 1.25 bits per heavy atom. The number of aromatic amines is 2. The van der Waals surface area contributed by atoms with Gasteiger partial charge in [0.1, 0.15) is 11.6 Å². The van der Waals surface area contributed by atoms with Gasteiger partial charge in [-0.1, -0.05) is 48.6 Å². The summed E-state index contributed by atoms with van der Waals surface area (Å²) in [5, 5.41) is 9.69. The van der Waals surface area contributed by atoms with Crippen molar-refractivity contribution in [2.75, 3.05) is 26.2 Å². The zero-order chi connectivity index (χ0) is 40.1. The van der Waals surface area contributed by atoms with Crippen LogP contribution in [0.1, 0.15) is 45.7 Å². The van der Waals surface area contributed by atoms with Gasteiger partial charge in [0, 0.05) is 32.2 Å². The molecule has 6 aromatic rings. The number of piperazine rings is 1. The van der Waals surface area contributed by atoms with Gasteiger partial charge in [-0.05, 0) is 73.5 Å². The van der Waals surface area contributed by atoms with E-state index in [2.05, 4.69) is 27.9 Å². The summed E-state index contributed by atoms with van der Waals surface area (Å²) < 4.78 is 30.8. The molecule has 1 aliphatic rings. The third-order valence-electron chi connectivity index (χ3n) is 9.64.